The van der Waals surface area contributed by atoms with Gasteiger partial charge in [0.25, 0.3) is 5.91 Å². The van der Waals surface area contributed by atoms with Crippen molar-refractivity contribution in [1.82, 2.24) is 15.3 Å². The average Bonchev–Trinajstić information content (AvgIpc) is 2.76. The second-order valence-corrected chi connectivity index (χ2v) is 8.83. The summed E-state index contributed by atoms with van der Waals surface area (Å²) in [7, 11) is 0. The first-order valence-corrected chi connectivity index (χ1v) is 10.7. The van der Waals surface area contributed by atoms with Crippen LogP contribution in [0.25, 0.3) is 0 Å². The molecule has 0 bridgehead atoms. The van der Waals surface area contributed by atoms with E-state index in [1.165, 1.54) is 0 Å². The molecule has 0 aromatic heterocycles. The van der Waals surface area contributed by atoms with Gasteiger partial charge in [-0.3, -0.25) is 19.8 Å². The Hall–Kier alpha value is -2.97. The minimum atomic E-state index is -1.27. The van der Waals surface area contributed by atoms with E-state index in [1.54, 1.807) is 53.4 Å². The Balaban J connectivity index is 1.76. The molecule has 1 aliphatic rings. The van der Waals surface area contributed by atoms with Crippen molar-refractivity contribution in [3.63, 3.8) is 0 Å². The maximum atomic E-state index is 14.0. The fourth-order valence-corrected chi connectivity index (χ4v) is 3.87. The first-order chi connectivity index (χ1) is 15.2. The van der Waals surface area contributed by atoms with E-state index in [0.29, 0.717) is 44.8 Å². The van der Waals surface area contributed by atoms with Gasteiger partial charge in [0.2, 0.25) is 0 Å². The average molecular weight is 443 g/mol. The first kappa shape index (κ1) is 23.7. The summed E-state index contributed by atoms with van der Waals surface area (Å²) in [6.45, 7) is 8.13. The molecule has 7 nitrogen and oxygen atoms in total. The number of hydrogen-bond donors (Lipinski definition) is 2. The monoisotopic (exact) mass is 442 g/mol. The molecule has 0 aliphatic carbocycles. The largest absolute Gasteiger partial charge is 0.324 e. The van der Waals surface area contributed by atoms with Crippen LogP contribution in [0.1, 0.15) is 35.3 Å². The molecule has 32 heavy (non-hydrogen) atoms. The number of piperazine rings is 1. The highest BCUT2D eigenvalue weighted by Crippen LogP contribution is 2.22. The molecule has 0 unspecified atom stereocenters. The van der Waals surface area contributed by atoms with E-state index in [-0.39, 0.29) is 6.03 Å². The maximum absolute atomic E-state index is 14.0. The molecule has 1 fully saturated rings. The van der Waals surface area contributed by atoms with E-state index < -0.39 is 11.6 Å². The van der Waals surface area contributed by atoms with Crippen molar-refractivity contribution in [1.29, 1.82) is 0 Å². The smallest absolute Gasteiger partial charge is 0.322 e. The highest BCUT2D eigenvalue weighted by molar-refractivity contribution is 5.94. The minimum absolute atomic E-state index is 0.105. The number of anilines is 1. The predicted molar refractivity (Wildman–Crippen MR) is 122 cm³/mol. The van der Waals surface area contributed by atoms with Gasteiger partial charge >= 0.3 is 6.03 Å². The number of carbonyl (C=O) groups is 2. The van der Waals surface area contributed by atoms with E-state index in [1.807, 2.05) is 36.1 Å². The summed E-state index contributed by atoms with van der Waals surface area (Å²) in [5.41, 5.74) is 3.37. The minimum Gasteiger partial charge on any atom is -0.322 e. The van der Waals surface area contributed by atoms with E-state index in [2.05, 4.69) is 0 Å². The number of benzene rings is 2. The summed E-state index contributed by atoms with van der Waals surface area (Å²) in [4.78, 5) is 30.6. The van der Waals surface area contributed by atoms with E-state index in [9.17, 15) is 14.0 Å². The summed E-state index contributed by atoms with van der Waals surface area (Å²) in [6, 6.07) is 14.4. The highest BCUT2D eigenvalue weighted by atomic mass is 19.1. The van der Waals surface area contributed by atoms with Gasteiger partial charge in [0.15, 0.2) is 0 Å². The van der Waals surface area contributed by atoms with Crippen molar-refractivity contribution in [2.24, 2.45) is 0 Å². The normalized spacial score (nSPS) is 14.8. The van der Waals surface area contributed by atoms with Crippen molar-refractivity contribution in [2.75, 3.05) is 37.6 Å². The van der Waals surface area contributed by atoms with Gasteiger partial charge in [0.05, 0.1) is 6.54 Å². The molecular formula is C24H31FN4O3. The summed E-state index contributed by atoms with van der Waals surface area (Å²) in [5, 5.41) is 8.79. The number of amides is 3. The lowest BCUT2D eigenvalue weighted by atomic mass is 10.1. The Kier molecular flexibility index (Phi) is 7.48. The molecule has 0 spiro atoms. The van der Waals surface area contributed by atoms with Crippen LogP contribution in [0.4, 0.5) is 14.9 Å². The van der Waals surface area contributed by atoms with Crippen LogP contribution in [0.5, 0.6) is 0 Å². The quantitative estimate of drug-likeness (QED) is 0.529. The van der Waals surface area contributed by atoms with Crippen LogP contribution in [0, 0.1) is 6.92 Å². The lowest BCUT2D eigenvalue weighted by Gasteiger charge is -2.39. The third-order valence-electron chi connectivity index (χ3n) is 5.44. The number of aryl methyl sites for hydroxylation is 1. The second-order valence-electron chi connectivity index (χ2n) is 8.83. The van der Waals surface area contributed by atoms with Crippen LogP contribution in [-0.2, 0) is 6.54 Å². The summed E-state index contributed by atoms with van der Waals surface area (Å²) >= 11 is 0. The van der Waals surface area contributed by atoms with Crippen LogP contribution in [0.3, 0.4) is 0 Å². The summed E-state index contributed by atoms with van der Waals surface area (Å²) in [6.07, 6.45) is 0. The van der Waals surface area contributed by atoms with Crippen molar-refractivity contribution < 1.29 is 19.2 Å². The number of halogens is 1. The molecule has 2 aromatic rings. The number of urea groups is 1. The van der Waals surface area contributed by atoms with Gasteiger partial charge in [-0.1, -0.05) is 24.3 Å². The molecule has 172 valence electrons. The van der Waals surface area contributed by atoms with Gasteiger partial charge in [0, 0.05) is 44.0 Å². The molecule has 8 heteroatoms. The standard InChI is InChI=1S/C24H31FN4O3/c1-18-5-4-6-21(15-18)29(16-19-7-9-20(10-8-19)22(30)26-32)23(31)28-13-11-27(12-14-28)17-24(2,3)25/h4-10,15,32H,11-14,16-17H2,1-3H3,(H,26,30). The van der Waals surface area contributed by atoms with Gasteiger partial charge in [-0.05, 0) is 56.2 Å². The zero-order chi connectivity index (χ0) is 23.3. The van der Waals surface area contributed by atoms with Crippen molar-refractivity contribution >= 4 is 17.6 Å². The third kappa shape index (κ3) is 6.27. The molecule has 0 atom stereocenters. The van der Waals surface area contributed by atoms with Gasteiger partial charge in [-0.25, -0.2) is 14.7 Å². The first-order valence-electron chi connectivity index (χ1n) is 10.7. The SMILES string of the molecule is Cc1cccc(N(Cc2ccc(C(=O)NO)cc2)C(=O)N2CCN(CC(C)(C)F)CC2)c1. The topological polar surface area (TPSA) is 76.1 Å². The number of alkyl halides is 1. The molecule has 2 N–H and O–H groups in total. The maximum Gasteiger partial charge on any atom is 0.324 e. The number of nitrogens with one attached hydrogen (secondary N) is 1. The Morgan fingerprint density at radius 1 is 1.09 bits per heavy atom. The van der Waals surface area contributed by atoms with E-state index in [4.69, 9.17) is 5.21 Å². The van der Waals surface area contributed by atoms with Gasteiger partial charge in [-0.2, -0.15) is 0 Å². The molecule has 1 saturated heterocycles. The van der Waals surface area contributed by atoms with Crippen LogP contribution in [0.2, 0.25) is 0 Å². The van der Waals surface area contributed by atoms with E-state index in [0.717, 1.165) is 16.8 Å². The molecule has 0 saturated carbocycles. The lowest BCUT2D eigenvalue weighted by Crippen LogP contribution is -2.54. The highest BCUT2D eigenvalue weighted by Gasteiger charge is 2.29. The van der Waals surface area contributed by atoms with Crippen molar-refractivity contribution in [2.45, 2.75) is 33.0 Å². The number of rotatable bonds is 6. The molecule has 1 aliphatic heterocycles. The van der Waals surface area contributed by atoms with Crippen LogP contribution in [-0.4, -0.2) is 65.3 Å². The van der Waals surface area contributed by atoms with Crippen molar-refractivity contribution in [3.8, 4) is 0 Å². The van der Waals surface area contributed by atoms with E-state index >= 15 is 0 Å². The molecule has 2 aromatic carbocycles. The Bertz CT molecular complexity index is 935. The molecule has 0 radical (unpaired) electrons. The molecule has 3 rings (SSSR count). The zero-order valence-corrected chi connectivity index (χ0v) is 18.8. The molecule has 1 heterocycles. The second kappa shape index (κ2) is 10.1. The fraction of sp³-hybridized carbons (Fsp3) is 0.417. The van der Waals surface area contributed by atoms with Crippen LogP contribution < -0.4 is 10.4 Å². The number of hydroxylamine groups is 1. The van der Waals surface area contributed by atoms with Gasteiger partial charge in [0.1, 0.15) is 5.67 Å². The summed E-state index contributed by atoms with van der Waals surface area (Å²) in [5.74, 6) is -0.586. The number of nitrogens with zero attached hydrogens (tertiary/aromatic N) is 3. The fourth-order valence-electron chi connectivity index (χ4n) is 3.87. The Labute approximate surface area is 188 Å². The molecule has 3 amide bonds. The number of carbonyl (C=O) groups excluding carboxylic acids is 2. The molecular weight excluding hydrogens is 411 g/mol. The van der Waals surface area contributed by atoms with Crippen molar-refractivity contribution in [3.05, 3.63) is 65.2 Å². The zero-order valence-electron chi connectivity index (χ0n) is 18.8. The lowest BCUT2D eigenvalue weighted by molar-refractivity contribution is 0.0706. The van der Waals surface area contributed by atoms with Crippen LogP contribution >= 0.6 is 0 Å². The van der Waals surface area contributed by atoms with Gasteiger partial charge < -0.3 is 4.90 Å². The third-order valence-corrected chi connectivity index (χ3v) is 5.44. The summed E-state index contributed by atoms with van der Waals surface area (Å²) < 4.78 is 14.0. The Morgan fingerprint density at radius 2 is 1.75 bits per heavy atom. The predicted octanol–water partition coefficient (Wildman–Crippen LogP) is 3.61. The van der Waals surface area contributed by atoms with Gasteiger partial charge in [-0.15, -0.1) is 0 Å². The Morgan fingerprint density at radius 3 is 2.31 bits per heavy atom. The van der Waals surface area contributed by atoms with Crippen LogP contribution in [0.15, 0.2) is 48.5 Å². The number of hydrogen-bond acceptors (Lipinski definition) is 4.